The Morgan fingerprint density at radius 3 is 2.59 bits per heavy atom. The minimum Gasteiger partial charge on any atom is -0.491 e. The first-order valence-corrected chi connectivity index (χ1v) is 10.5. The second-order valence-electron chi connectivity index (χ2n) is 7.52. The first-order valence-electron chi connectivity index (χ1n) is 10.1. The van der Waals surface area contributed by atoms with Crippen LogP contribution >= 0.6 is 12.2 Å². The normalized spacial score (nSPS) is 20.2. The molecule has 1 aliphatic carbocycles. The molecule has 1 unspecified atom stereocenters. The maximum absolute atomic E-state index is 12.1. The van der Waals surface area contributed by atoms with Crippen molar-refractivity contribution in [3.63, 3.8) is 0 Å². The summed E-state index contributed by atoms with van der Waals surface area (Å²) in [6.07, 6.45) is 10.4. The Labute approximate surface area is 167 Å². The molecule has 0 bridgehead atoms. The molecule has 1 amide bonds. The lowest BCUT2D eigenvalue weighted by molar-refractivity contribution is -0.120. The molecule has 1 aliphatic heterocycles. The van der Waals surface area contributed by atoms with Crippen LogP contribution in [0.4, 0.5) is 5.69 Å². The van der Waals surface area contributed by atoms with E-state index in [9.17, 15) is 4.79 Å². The van der Waals surface area contributed by atoms with Crippen molar-refractivity contribution in [2.75, 3.05) is 18.5 Å². The van der Waals surface area contributed by atoms with Crippen LogP contribution < -0.4 is 15.4 Å². The highest BCUT2D eigenvalue weighted by Crippen LogP contribution is 2.27. The molecule has 2 fully saturated rings. The molecule has 5 nitrogen and oxygen atoms in total. The Hall–Kier alpha value is -1.66. The van der Waals surface area contributed by atoms with Crippen LogP contribution in [0.3, 0.4) is 0 Å². The zero-order chi connectivity index (χ0) is 18.9. The van der Waals surface area contributed by atoms with Crippen LogP contribution in [-0.2, 0) is 9.53 Å². The van der Waals surface area contributed by atoms with E-state index in [-0.39, 0.29) is 12.0 Å². The lowest BCUT2D eigenvalue weighted by atomic mass is 9.86. The van der Waals surface area contributed by atoms with Gasteiger partial charge < -0.3 is 20.1 Å². The van der Waals surface area contributed by atoms with Crippen molar-refractivity contribution >= 4 is 28.9 Å². The highest BCUT2D eigenvalue weighted by atomic mass is 32.1. The van der Waals surface area contributed by atoms with Gasteiger partial charge in [-0.2, -0.15) is 0 Å². The predicted molar refractivity (Wildman–Crippen MR) is 111 cm³/mol. The van der Waals surface area contributed by atoms with E-state index in [2.05, 4.69) is 10.6 Å². The summed E-state index contributed by atoms with van der Waals surface area (Å²) < 4.78 is 11.3. The standard InChI is InChI=1S/C21H30N2O3S/c24-20(13-8-16-5-2-1-3-6-16)23-21(27)22-17-9-11-18(12-10-17)26-15-19-7-4-14-25-19/h9-12,16,19H,1-8,13-15H2,(H2,22,23,24,27). The van der Waals surface area contributed by atoms with Gasteiger partial charge in [0, 0.05) is 18.7 Å². The van der Waals surface area contributed by atoms with Gasteiger partial charge in [0.1, 0.15) is 12.4 Å². The molecule has 27 heavy (non-hydrogen) atoms. The lowest BCUT2D eigenvalue weighted by Crippen LogP contribution is -2.34. The number of carbonyl (C=O) groups is 1. The van der Waals surface area contributed by atoms with E-state index in [4.69, 9.17) is 21.7 Å². The second-order valence-corrected chi connectivity index (χ2v) is 7.92. The molecule has 6 heteroatoms. The number of amides is 1. The summed E-state index contributed by atoms with van der Waals surface area (Å²) in [4.78, 5) is 12.1. The number of thiocarbonyl (C=S) groups is 1. The van der Waals surface area contributed by atoms with Gasteiger partial charge in [0.15, 0.2) is 5.11 Å². The van der Waals surface area contributed by atoms with Crippen LogP contribution in [0.25, 0.3) is 0 Å². The molecule has 3 rings (SSSR count). The molecule has 2 aliphatic rings. The molecular weight excluding hydrogens is 360 g/mol. The fraction of sp³-hybridized carbons (Fsp3) is 0.619. The van der Waals surface area contributed by atoms with Crippen LogP contribution in [-0.4, -0.2) is 30.3 Å². The summed E-state index contributed by atoms with van der Waals surface area (Å²) in [5.74, 6) is 1.50. The molecule has 1 saturated heterocycles. The van der Waals surface area contributed by atoms with Crippen LogP contribution in [0.15, 0.2) is 24.3 Å². The summed E-state index contributed by atoms with van der Waals surface area (Å²) in [7, 11) is 0. The number of rotatable bonds is 7. The Morgan fingerprint density at radius 2 is 1.89 bits per heavy atom. The molecule has 0 radical (unpaired) electrons. The number of hydrogen-bond donors (Lipinski definition) is 2. The van der Waals surface area contributed by atoms with E-state index >= 15 is 0 Å². The number of benzene rings is 1. The van der Waals surface area contributed by atoms with Gasteiger partial charge in [-0.15, -0.1) is 0 Å². The maximum Gasteiger partial charge on any atom is 0.226 e. The van der Waals surface area contributed by atoms with Crippen LogP contribution in [0.1, 0.15) is 57.8 Å². The Bertz CT molecular complexity index is 608. The number of hydrogen-bond acceptors (Lipinski definition) is 4. The van der Waals surface area contributed by atoms with Crippen molar-refractivity contribution in [3.05, 3.63) is 24.3 Å². The fourth-order valence-electron chi connectivity index (χ4n) is 3.76. The first kappa shape index (κ1) is 20.1. The summed E-state index contributed by atoms with van der Waals surface area (Å²) in [6.45, 7) is 1.42. The minimum atomic E-state index is -0.00501. The quantitative estimate of drug-likeness (QED) is 0.675. The van der Waals surface area contributed by atoms with Crippen LogP contribution in [0.5, 0.6) is 5.75 Å². The van der Waals surface area contributed by atoms with Gasteiger partial charge in [0.2, 0.25) is 5.91 Å². The minimum absolute atomic E-state index is 0.00501. The van der Waals surface area contributed by atoms with E-state index in [1.54, 1.807) is 0 Å². The Kier molecular flexibility index (Phi) is 7.90. The fourth-order valence-corrected chi connectivity index (χ4v) is 3.99. The molecule has 1 heterocycles. The zero-order valence-corrected chi connectivity index (χ0v) is 16.7. The van der Waals surface area contributed by atoms with Crippen molar-refractivity contribution in [1.82, 2.24) is 5.32 Å². The van der Waals surface area contributed by atoms with Gasteiger partial charge in [-0.05, 0) is 61.7 Å². The van der Waals surface area contributed by atoms with E-state index in [0.717, 1.165) is 37.3 Å². The average Bonchev–Trinajstić information content (AvgIpc) is 3.20. The van der Waals surface area contributed by atoms with Gasteiger partial charge in [0.25, 0.3) is 0 Å². The SMILES string of the molecule is O=C(CCC1CCCCC1)NC(=S)Nc1ccc(OCC2CCCO2)cc1. The third kappa shape index (κ3) is 7.11. The van der Waals surface area contributed by atoms with Crippen molar-refractivity contribution in [2.45, 2.75) is 63.9 Å². The smallest absolute Gasteiger partial charge is 0.226 e. The molecule has 1 saturated carbocycles. The highest BCUT2D eigenvalue weighted by molar-refractivity contribution is 7.80. The molecule has 1 aromatic carbocycles. The van der Waals surface area contributed by atoms with Crippen molar-refractivity contribution in [2.24, 2.45) is 5.92 Å². The topological polar surface area (TPSA) is 59.6 Å². The molecule has 1 aromatic rings. The lowest BCUT2D eigenvalue weighted by Gasteiger charge is -2.21. The summed E-state index contributed by atoms with van der Waals surface area (Å²) in [6, 6.07) is 7.58. The van der Waals surface area contributed by atoms with E-state index in [1.807, 2.05) is 24.3 Å². The average molecular weight is 391 g/mol. The largest absolute Gasteiger partial charge is 0.491 e. The molecule has 148 valence electrons. The van der Waals surface area contributed by atoms with Crippen LogP contribution in [0.2, 0.25) is 0 Å². The Morgan fingerprint density at radius 1 is 1.11 bits per heavy atom. The number of anilines is 1. The summed E-state index contributed by atoms with van der Waals surface area (Å²) in [5.41, 5.74) is 0.831. The Balaban J connectivity index is 1.34. The molecule has 1 atom stereocenters. The predicted octanol–water partition coefficient (Wildman–Crippen LogP) is 4.42. The second kappa shape index (κ2) is 10.6. The molecular formula is C21H30N2O3S. The van der Waals surface area contributed by atoms with E-state index in [0.29, 0.717) is 24.1 Å². The van der Waals surface area contributed by atoms with Crippen molar-refractivity contribution in [1.29, 1.82) is 0 Å². The van der Waals surface area contributed by atoms with Crippen LogP contribution in [0, 0.1) is 5.92 Å². The third-order valence-corrected chi connectivity index (χ3v) is 5.53. The number of carbonyl (C=O) groups excluding carboxylic acids is 1. The summed E-state index contributed by atoms with van der Waals surface area (Å²) in [5, 5.41) is 6.18. The van der Waals surface area contributed by atoms with Gasteiger partial charge >= 0.3 is 0 Å². The maximum atomic E-state index is 12.1. The van der Waals surface area contributed by atoms with Gasteiger partial charge in [-0.3, -0.25) is 4.79 Å². The van der Waals surface area contributed by atoms with Gasteiger partial charge in [0.05, 0.1) is 6.10 Å². The van der Waals surface area contributed by atoms with Gasteiger partial charge in [-0.1, -0.05) is 32.1 Å². The molecule has 0 spiro atoms. The van der Waals surface area contributed by atoms with Gasteiger partial charge in [-0.25, -0.2) is 0 Å². The molecule has 2 N–H and O–H groups in total. The van der Waals surface area contributed by atoms with Crippen molar-refractivity contribution in [3.8, 4) is 5.75 Å². The van der Waals surface area contributed by atoms with Crippen molar-refractivity contribution < 1.29 is 14.3 Å². The third-order valence-electron chi connectivity index (χ3n) is 5.33. The van der Waals surface area contributed by atoms with E-state index < -0.39 is 0 Å². The molecule has 0 aromatic heterocycles. The zero-order valence-electron chi connectivity index (χ0n) is 15.9. The first-order chi connectivity index (χ1) is 13.2. The highest BCUT2D eigenvalue weighted by Gasteiger charge is 2.16. The number of nitrogens with one attached hydrogen (secondary N) is 2. The van der Waals surface area contributed by atoms with E-state index in [1.165, 1.54) is 32.1 Å². The monoisotopic (exact) mass is 390 g/mol. The number of ether oxygens (including phenoxy) is 2. The summed E-state index contributed by atoms with van der Waals surface area (Å²) >= 11 is 5.25.